The molecule has 0 bridgehead atoms. The molecule has 33 heavy (non-hydrogen) atoms. The molecule has 2 aliphatic rings. The maximum Gasteiger partial charge on any atom is 0.397 e. The molecule has 3 rings (SSSR count). The van der Waals surface area contributed by atoms with Crippen LogP contribution in [0.3, 0.4) is 0 Å². The van der Waals surface area contributed by atoms with Gasteiger partial charge in [-0.2, -0.15) is 13.2 Å². The molecule has 178 valence electrons. The van der Waals surface area contributed by atoms with E-state index in [4.69, 9.17) is 9.84 Å². The van der Waals surface area contributed by atoms with E-state index in [0.717, 1.165) is 11.3 Å². The van der Waals surface area contributed by atoms with Crippen LogP contribution in [0.25, 0.3) is 0 Å². The average Bonchev–Trinajstić information content (AvgIpc) is 2.76. The highest BCUT2D eigenvalue weighted by atomic mass is 19.4. The summed E-state index contributed by atoms with van der Waals surface area (Å²) in [5, 5.41) is 12.0. The van der Waals surface area contributed by atoms with Gasteiger partial charge in [0.25, 0.3) is 5.91 Å². The first-order valence-electron chi connectivity index (χ1n) is 10.9. The molecule has 1 aromatic rings. The highest BCUT2D eigenvalue weighted by Gasteiger charge is 2.43. The molecule has 1 aliphatic heterocycles. The van der Waals surface area contributed by atoms with Crippen molar-refractivity contribution in [3.8, 4) is 0 Å². The van der Waals surface area contributed by atoms with Crippen molar-refractivity contribution in [2.75, 3.05) is 13.2 Å². The molecule has 2 unspecified atom stereocenters. The zero-order chi connectivity index (χ0) is 24.2. The zero-order valence-corrected chi connectivity index (χ0v) is 18.9. The highest BCUT2D eigenvalue weighted by Crippen LogP contribution is 2.35. The van der Waals surface area contributed by atoms with Crippen LogP contribution in [0.15, 0.2) is 65.0 Å². The van der Waals surface area contributed by atoms with Crippen LogP contribution >= 0.6 is 0 Å². The van der Waals surface area contributed by atoms with Crippen molar-refractivity contribution in [1.82, 2.24) is 5.32 Å². The molecule has 1 aliphatic carbocycles. The molecule has 0 aromatic heterocycles. The quantitative estimate of drug-likeness (QED) is 0.629. The smallest absolute Gasteiger partial charge is 0.397 e. The van der Waals surface area contributed by atoms with Crippen molar-refractivity contribution in [3.05, 3.63) is 71.2 Å². The number of amides is 1. The molecule has 0 saturated carbocycles. The molecule has 0 radical (unpaired) electrons. The maximum absolute atomic E-state index is 13.3. The summed E-state index contributed by atoms with van der Waals surface area (Å²) < 4.78 is 45.8. The SMILES string of the molecule is CC(C)(C)C1=C(OCCO)CC(NC(=O)c2ccc(C3=NC=CCC3C(F)(F)F)cc2)C=C1. The van der Waals surface area contributed by atoms with Gasteiger partial charge in [-0.05, 0) is 35.1 Å². The average molecular weight is 463 g/mol. The van der Waals surface area contributed by atoms with Crippen molar-refractivity contribution < 1.29 is 27.8 Å². The Kier molecular flexibility index (Phi) is 7.47. The lowest BCUT2D eigenvalue weighted by Crippen LogP contribution is -2.36. The number of benzene rings is 1. The van der Waals surface area contributed by atoms with E-state index in [2.05, 4.69) is 31.1 Å². The number of ether oxygens (including phenoxy) is 1. The lowest BCUT2D eigenvalue weighted by molar-refractivity contribution is -0.154. The highest BCUT2D eigenvalue weighted by molar-refractivity contribution is 6.04. The third-order valence-electron chi connectivity index (χ3n) is 5.55. The van der Waals surface area contributed by atoms with E-state index in [9.17, 15) is 18.0 Å². The monoisotopic (exact) mass is 462 g/mol. The Labute approximate surface area is 191 Å². The van der Waals surface area contributed by atoms with Crippen molar-refractivity contribution in [3.63, 3.8) is 0 Å². The molecule has 1 aromatic carbocycles. The van der Waals surface area contributed by atoms with Crippen LogP contribution in [0.1, 0.15) is 49.5 Å². The second-order valence-electron chi connectivity index (χ2n) is 9.11. The van der Waals surface area contributed by atoms with E-state index in [1.165, 1.54) is 36.5 Å². The minimum Gasteiger partial charge on any atom is -0.495 e. The molecule has 8 heteroatoms. The van der Waals surface area contributed by atoms with Gasteiger partial charge in [0.15, 0.2) is 0 Å². The van der Waals surface area contributed by atoms with E-state index < -0.39 is 12.1 Å². The number of aliphatic imine (C=N–C) groups is 1. The van der Waals surface area contributed by atoms with Crippen LogP contribution in [0.5, 0.6) is 0 Å². The standard InChI is InChI=1S/C25H29F3N2O3/c1-24(2,3)19-11-10-18(15-21(19)33-14-13-31)30-23(32)17-8-6-16(7-9-17)22-20(25(26,27)28)5-4-12-29-22/h4,6-12,18,20,31H,5,13-15H2,1-3H3,(H,30,32). The Hall–Kier alpha value is -2.87. The Morgan fingerprint density at radius 3 is 2.52 bits per heavy atom. The van der Waals surface area contributed by atoms with Gasteiger partial charge in [0.1, 0.15) is 18.3 Å². The topological polar surface area (TPSA) is 70.9 Å². The van der Waals surface area contributed by atoms with Crippen molar-refractivity contribution in [1.29, 1.82) is 0 Å². The van der Waals surface area contributed by atoms with Gasteiger partial charge >= 0.3 is 6.18 Å². The van der Waals surface area contributed by atoms with Crippen LogP contribution < -0.4 is 5.32 Å². The lowest BCUT2D eigenvalue weighted by Gasteiger charge is -2.30. The summed E-state index contributed by atoms with van der Waals surface area (Å²) in [6, 6.07) is 5.70. The third kappa shape index (κ3) is 6.13. The fraction of sp³-hybridized carbons (Fsp3) is 0.440. The molecule has 0 fully saturated rings. The minimum absolute atomic E-state index is 0.0438. The van der Waals surface area contributed by atoms with Gasteiger partial charge in [-0.1, -0.05) is 51.1 Å². The summed E-state index contributed by atoms with van der Waals surface area (Å²) in [4.78, 5) is 16.7. The Balaban J connectivity index is 1.70. The largest absolute Gasteiger partial charge is 0.495 e. The Morgan fingerprint density at radius 1 is 1.21 bits per heavy atom. The van der Waals surface area contributed by atoms with Gasteiger partial charge in [0.2, 0.25) is 0 Å². The van der Waals surface area contributed by atoms with E-state index >= 15 is 0 Å². The molecule has 1 heterocycles. The minimum atomic E-state index is -4.39. The van der Waals surface area contributed by atoms with Crippen LogP contribution in [0.2, 0.25) is 0 Å². The lowest BCUT2D eigenvalue weighted by atomic mass is 9.82. The van der Waals surface area contributed by atoms with Crippen molar-refractivity contribution in [2.45, 2.75) is 45.8 Å². The number of hydrogen-bond donors (Lipinski definition) is 2. The first kappa shape index (κ1) is 24.8. The first-order valence-corrected chi connectivity index (χ1v) is 10.9. The molecule has 5 nitrogen and oxygen atoms in total. The number of nitrogens with one attached hydrogen (secondary N) is 1. The van der Waals surface area contributed by atoms with Gasteiger partial charge in [0, 0.05) is 18.2 Å². The maximum atomic E-state index is 13.3. The molecule has 0 saturated heterocycles. The number of hydrogen-bond acceptors (Lipinski definition) is 4. The van der Waals surface area contributed by atoms with Crippen molar-refractivity contribution in [2.24, 2.45) is 16.3 Å². The number of carbonyl (C=O) groups excluding carboxylic acids is 1. The number of halogens is 3. The number of aliphatic hydroxyl groups is 1. The molecule has 2 atom stereocenters. The Morgan fingerprint density at radius 2 is 1.91 bits per heavy atom. The summed E-state index contributed by atoms with van der Waals surface area (Å²) in [5.41, 5.74) is 1.49. The Bertz CT molecular complexity index is 984. The molecule has 0 spiro atoms. The normalized spacial score (nSPS) is 21.1. The van der Waals surface area contributed by atoms with Crippen molar-refractivity contribution >= 4 is 11.6 Å². The number of alkyl halides is 3. The zero-order valence-electron chi connectivity index (χ0n) is 18.9. The summed E-state index contributed by atoms with van der Waals surface area (Å²) in [5.74, 6) is -1.27. The third-order valence-corrected chi connectivity index (χ3v) is 5.55. The second-order valence-corrected chi connectivity index (χ2v) is 9.11. The van der Waals surface area contributed by atoms with Gasteiger partial charge in [-0.15, -0.1) is 0 Å². The van der Waals surface area contributed by atoms with Gasteiger partial charge in [-0.3, -0.25) is 9.79 Å². The summed E-state index contributed by atoms with van der Waals surface area (Å²) in [6.45, 7) is 6.24. The van der Waals surface area contributed by atoms with Gasteiger partial charge in [0.05, 0.1) is 18.4 Å². The van der Waals surface area contributed by atoms with E-state index in [1.807, 2.05) is 12.2 Å². The predicted octanol–water partition coefficient (Wildman–Crippen LogP) is 4.94. The predicted molar refractivity (Wildman–Crippen MR) is 121 cm³/mol. The molecular weight excluding hydrogens is 433 g/mol. The molecular formula is C25H29F3N2O3. The fourth-order valence-corrected chi connectivity index (χ4v) is 3.90. The van der Waals surface area contributed by atoms with Gasteiger partial charge in [-0.25, -0.2) is 0 Å². The number of nitrogens with zero attached hydrogens (tertiary/aromatic N) is 1. The van der Waals surface area contributed by atoms with Crippen LogP contribution in [-0.4, -0.2) is 42.2 Å². The van der Waals surface area contributed by atoms with Crippen LogP contribution in [0.4, 0.5) is 13.2 Å². The van der Waals surface area contributed by atoms with E-state index in [-0.39, 0.29) is 42.7 Å². The molecule has 1 amide bonds. The fourth-order valence-electron chi connectivity index (χ4n) is 3.90. The summed E-state index contributed by atoms with van der Waals surface area (Å²) >= 11 is 0. The number of rotatable bonds is 6. The second kappa shape index (κ2) is 9.95. The number of carbonyl (C=O) groups is 1. The summed E-state index contributed by atoms with van der Waals surface area (Å²) in [7, 11) is 0. The summed E-state index contributed by atoms with van der Waals surface area (Å²) in [6.07, 6.45) is 2.52. The number of aliphatic hydroxyl groups excluding tert-OH is 1. The van der Waals surface area contributed by atoms with Gasteiger partial charge < -0.3 is 15.2 Å². The first-order chi connectivity index (χ1) is 15.5. The van der Waals surface area contributed by atoms with Crippen LogP contribution in [-0.2, 0) is 4.74 Å². The van der Waals surface area contributed by atoms with Crippen LogP contribution in [0, 0.1) is 11.3 Å². The molecule has 2 N–H and O–H groups in total. The number of allylic oxidation sites excluding steroid dienone is 3. The van der Waals surface area contributed by atoms with E-state index in [1.54, 1.807) is 0 Å². The van der Waals surface area contributed by atoms with E-state index in [0.29, 0.717) is 17.5 Å².